The molecule has 0 spiro atoms. The first kappa shape index (κ1) is 17.1. The molecule has 2 atom stereocenters. The molecule has 23 heavy (non-hydrogen) atoms. The molecule has 1 aromatic rings. The van der Waals surface area contributed by atoms with Crippen molar-refractivity contribution in [2.24, 2.45) is 16.3 Å². The molecule has 0 saturated heterocycles. The smallest absolute Gasteiger partial charge is 0.134 e. The fourth-order valence-electron chi connectivity index (χ4n) is 2.80. The maximum absolute atomic E-state index is 9.71. The molecule has 0 fully saturated rings. The third-order valence-corrected chi connectivity index (χ3v) is 4.24. The number of hydrogen-bond acceptors (Lipinski definition) is 4. The number of benzene rings is 1. The summed E-state index contributed by atoms with van der Waals surface area (Å²) in [6.07, 6.45) is 0. The van der Waals surface area contributed by atoms with Crippen molar-refractivity contribution in [2.75, 3.05) is 0 Å². The Morgan fingerprint density at radius 3 is 2.39 bits per heavy atom. The minimum Gasteiger partial charge on any atom is -0.506 e. The van der Waals surface area contributed by atoms with Gasteiger partial charge in [0, 0.05) is 17.0 Å². The van der Waals surface area contributed by atoms with Crippen LogP contribution in [0, 0.1) is 34.0 Å². The number of phenols is 1. The summed E-state index contributed by atoms with van der Waals surface area (Å²) in [6, 6.07) is 9.29. The van der Waals surface area contributed by atoms with Crippen LogP contribution in [0.15, 0.2) is 34.5 Å². The van der Waals surface area contributed by atoms with Gasteiger partial charge in [0.15, 0.2) is 0 Å². The molecule has 118 valence electrons. The second kappa shape index (κ2) is 6.07. The van der Waals surface area contributed by atoms with Crippen molar-refractivity contribution in [3.63, 3.8) is 0 Å². The third kappa shape index (κ3) is 3.09. The Morgan fingerprint density at radius 1 is 1.26 bits per heavy atom. The van der Waals surface area contributed by atoms with Crippen LogP contribution in [0.25, 0.3) is 0 Å². The van der Waals surface area contributed by atoms with Gasteiger partial charge in [-0.15, -0.1) is 0 Å². The number of allylic oxidation sites excluding steroid dienone is 2. The van der Waals surface area contributed by atoms with E-state index in [2.05, 4.69) is 17.1 Å². The van der Waals surface area contributed by atoms with Gasteiger partial charge in [-0.3, -0.25) is 4.99 Å². The van der Waals surface area contributed by atoms with Crippen molar-refractivity contribution >= 4 is 17.3 Å². The molecule has 1 N–H and O–H groups in total. The Morgan fingerprint density at radius 2 is 1.91 bits per heavy atom. The zero-order valence-electron chi connectivity index (χ0n) is 13.6. The number of rotatable bonds is 1. The number of halogens is 1. The standard InChI is InChI=1S/C18H18ClN3O/c1-10-12(8-20)16(11-5-6-15(23)14(19)7-11)13(9-21)17(22-10)18(2,3)4/h5-7,12,16,23H,1-4H3. The van der Waals surface area contributed by atoms with Crippen LogP contribution in [-0.2, 0) is 0 Å². The summed E-state index contributed by atoms with van der Waals surface area (Å²) in [5, 5.41) is 29.1. The lowest BCUT2D eigenvalue weighted by Gasteiger charge is -2.32. The molecule has 0 amide bonds. The fraction of sp³-hybridized carbons (Fsp3) is 0.389. The van der Waals surface area contributed by atoms with Crippen LogP contribution in [0.5, 0.6) is 5.75 Å². The van der Waals surface area contributed by atoms with E-state index < -0.39 is 11.8 Å². The molecule has 2 rings (SSSR count). The topological polar surface area (TPSA) is 80.2 Å². The van der Waals surface area contributed by atoms with Gasteiger partial charge in [0.25, 0.3) is 0 Å². The first-order valence-electron chi connectivity index (χ1n) is 7.28. The van der Waals surface area contributed by atoms with Crippen molar-refractivity contribution in [3.8, 4) is 17.9 Å². The maximum Gasteiger partial charge on any atom is 0.134 e. The van der Waals surface area contributed by atoms with Crippen LogP contribution in [0.1, 0.15) is 39.2 Å². The SMILES string of the molecule is CC1=NC(C(C)(C)C)=C(C#N)C(c2ccc(O)c(Cl)c2)C1C#N. The molecule has 0 bridgehead atoms. The average molecular weight is 328 g/mol. The highest BCUT2D eigenvalue weighted by atomic mass is 35.5. The number of nitriles is 2. The van der Waals surface area contributed by atoms with Crippen molar-refractivity contribution in [2.45, 2.75) is 33.6 Å². The summed E-state index contributed by atoms with van der Waals surface area (Å²) < 4.78 is 0. The molecule has 1 aromatic carbocycles. The Hall–Kier alpha value is -2.30. The molecule has 0 radical (unpaired) electrons. The predicted octanol–water partition coefficient (Wildman–Crippen LogP) is 4.57. The molecule has 0 saturated carbocycles. The van der Waals surface area contributed by atoms with Gasteiger partial charge in [-0.2, -0.15) is 10.5 Å². The van der Waals surface area contributed by atoms with Gasteiger partial charge in [0.05, 0.1) is 34.3 Å². The molecule has 4 nitrogen and oxygen atoms in total. The van der Waals surface area contributed by atoms with Crippen molar-refractivity contribution < 1.29 is 5.11 Å². The Kier molecular flexibility index (Phi) is 4.50. The summed E-state index contributed by atoms with van der Waals surface area (Å²) in [5.41, 5.74) is 2.28. The van der Waals surface area contributed by atoms with Crippen LogP contribution >= 0.6 is 11.6 Å². The zero-order valence-corrected chi connectivity index (χ0v) is 14.3. The van der Waals surface area contributed by atoms with Crippen LogP contribution in [0.2, 0.25) is 5.02 Å². The van der Waals surface area contributed by atoms with Crippen molar-refractivity contribution in [1.29, 1.82) is 10.5 Å². The fourth-order valence-corrected chi connectivity index (χ4v) is 2.99. The van der Waals surface area contributed by atoms with Gasteiger partial charge in [-0.25, -0.2) is 0 Å². The molecule has 2 unspecified atom stereocenters. The van der Waals surface area contributed by atoms with Gasteiger partial charge in [0.2, 0.25) is 0 Å². The minimum atomic E-state index is -0.531. The molecular weight excluding hydrogens is 310 g/mol. The largest absolute Gasteiger partial charge is 0.506 e. The van der Waals surface area contributed by atoms with E-state index in [-0.39, 0.29) is 16.2 Å². The molecular formula is C18H18ClN3O. The Bertz CT molecular complexity index is 788. The van der Waals surface area contributed by atoms with Crippen LogP contribution in [-0.4, -0.2) is 10.8 Å². The lowest BCUT2D eigenvalue weighted by molar-refractivity contribution is 0.473. The molecule has 1 heterocycles. The predicted molar refractivity (Wildman–Crippen MR) is 90.2 cm³/mol. The second-order valence-electron chi connectivity index (χ2n) is 6.67. The zero-order chi connectivity index (χ0) is 17.4. The van der Waals surface area contributed by atoms with E-state index >= 15 is 0 Å². The normalized spacial score (nSPS) is 21.4. The van der Waals surface area contributed by atoms with Crippen LogP contribution in [0.3, 0.4) is 0 Å². The van der Waals surface area contributed by atoms with E-state index in [1.165, 1.54) is 6.07 Å². The summed E-state index contributed by atoms with van der Waals surface area (Å²) in [5.74, 6) is -0.991. The van der Waals surface area contributed by atoms with E-state index in [0.29, 0.717) is 17.0 Å². The molecule has 1 aliphatic rings. The quantitative estimate of drug-likeness (QED) is 0.820. The summed E-state index contributed by atoms with van der Waals surface area (Å²) in [4.78, 5) is 4.54. The molecule has 0 aliphatic carbocycles. The van der Waals surface area contributed by atoms with E-state index in [1.807, 2.05) is 27.7 Å². The van der Waals surface area contributed by atoms with E-state index in [0.717, 1.165) is 5.56 Å². The Balaban J connectivity index is 2.73. The van der Waals surface area contributed by atoms with E-state index in [1.54, 1.807) is 12.1 Å². The molecule has 5 heteroatoms. The number of aliphatic imine (C=N–C) groups is 1. The summed E-state index contributed by atoms with van der Waals surface area (Å²) in [6.45, 7) is 7.78. The van der Waals surface area contributed by atoms with E-state index in [4.69, 9.17) is 11.6 Å². The lowest BCUT2D eigenvalue weighted by atomic mass is 9.73. The average Bonchev–Trinajstić information content (AvgIpc) is 2.48. The number of phenolic OH excluding ortho intramolecular Hbond substituents is 1. The highest BCUT2D eigenvalue weighted by Crippen LogP contribution is 2.44. The highest BCUT2D eigenvalue weighted by Gasteiger charge is 2.38. The van der Waals surface area contributed by atoms with Gasteiger partial charge < -0.3 is 5.11 Å². The maximum atomic E-state index is 9.71. The second-order valence-corrected chi connectivity index (χ2v) is 7.08. The highest BCUT2D eigenvalue weighted by molar-refractivity contribution is 6.32. The number of aromatic hydroxyl groups is 1. The summed E-state index contributed by atoms with van der Waals surface area (Å²) in [7, 11) is 0. The molecule has 1 aliphatic heterocycles. The third-order valence-electron chi connectivity index (χ3n) is 3.94. The summed E-state index contributed by atoms with van der Waals surface area (Å²) >= 11 is 6.02. The lowest BCUT2D eigenvalue weighted by Crippen LogP contribution is -2.28. The van der Waals surface area contributed by atoms with Gasteiger partial charge in [-0.05, 0) is 24.6 Å². The van der Waals surface area contributed by atoms with Gasteiger partial charge in [0.1, 0.15) is 5.75 Å². The van der Waals surface area contributed by atoms with Crippen LogP contribution < -0.4 is 0 Å². The van der Waals surface area contributed by atoms with Crippen molar-refractivity contribution in [3.05, 3.63) is 40.1 Å². The Labute approximate surface area is 141 Å². The first-order chi connectivity index (χ1) is 10.7. The minimum absolute atomic E-state index is 0.0244. The van der Waals surface area contributed by atoms with Crippen LogP contribution in [0.4, 0.5) is 0 Å². The first-order valence-corrected chi connectivity index (χ1v) is 7.66. The molecule has 0 aromatic heterocycles. The van der Waals surface area contributed by atoms with Gasteiger partial charge in [-0.1, -0.05) is 38.4 Å². The van der Waals surface area contributed by atoms with Crippen molar-refractivity contribution in [1.82, 2.24) is 0 Å². The van der Waals surface area contributed by atoms with E-state index in [9.17, 15) is 15.6 Å². The van der Waals surface area contributed by atoms with Gasteiger partial charge >= 0.3 is 0 Å². The number of nitrogens with zero attached hydrogens (tertiary/aromatic N) is 3. The number of hydrogen-bond donors (Lipinski definition) is 1. The monoisotopic (exact) mass is 327 g/mol.